The zero-order valence-corrected chi connectivity index (χ0v) is 26.1. The lowest BCUT2D eigenvalue weighted by molar-refractivity contribution is -0.137. The van der Waals surface area contributed by atoms with E-state index in [0.29, 0.717) is 43.5 Å². The van der Waals surface area contributed by atoms with Crippen LogP contribution >= 0.6 is 11.9 Å². The SMILES string of the molecule is CNC=O.COC(C)(C)C.Cc1cc(C(F)(F)F)cc(N2CCN(Sc3ccc4c(c3)CC[C@H]3CCC(=O)N43)CC2)n1. The third kappa shape index (κ3) is 9.34. The van der Waals surface area contributed by atoms with E-state index in [9.17, 15) is 18.0 Å². The van der Waals surface area contributed by atoms with Gasteiger partial charge in [-0.3, -0.25) is 9.59 Å². The van der Waals surface area contributed by atoms with Crippen LogP contribution in [-0.4, -0.2) is 73.6 Å². The molecule has 2 fully saturated rings. The fourth-order valence-electron chi connectivity index (χ4n) is 4.86. The number of nitrogens with zero attached hydrogens (tertiary/aromatic N) is 4. The first kappa shape index (κ1) is 33.7. The third-order valence-corrected chi connectivity index (χ3v) is 8.27. The molecule has 0 spiro atoms. The van der Waals surface area contributed by atoms with Crippen molar-refractivity contribution in [1.29, 1.82) is 0 Å². The molecule has 4 heterocycles. The molecule has 0 unspecified atom stereocenters. The van der Waals surface area contributed by atoms with Crippen molar-refractivity contribution in [3.63, 3.8) is 0 Å². The van der Waals surface area contributed by atoms with Gasteiger partial charge in [0.05, 0.1) is 11.2 Å². The van der Waals surface area contributed by atoms with Crippen molar-refractivity contribution in [2.75, 3.05) is 50.1 Å². The standard InChI is InChI=1S/C23H25F3N4OS.C5H12O.C2H5NO/c1-15-12-17(23(24,25)26)14-21(27-15)28-8-10-29(11-9-28)32-19-5-6-20-16(13-19)2-3-18-4-7-22(31)30(18)20;1-5(2,3)6-4;1-3-2-4/h5-6,12-14,18H,2-4,7-11H2,1H3;1-4H3;2H,1H3,(H,3,4)/t18-;;/m0../s1. The minimum atomic E-state index is -4.37. The van der Waals surface area contributed by atoms with Crippen molar-refractivity contribution in [1.82, 2.24) is 14.6 Å². The van der Waals surface area contributed by atoms with E-state index < -0.39 is 11.7 Å². The van der Waals surface area contributed by atoms with Crippen molar-refractivity contribution >= 4 is 35.8 Å². The topological polar surface area (TPSA) is 78.0 Å². The summed E-state index contributed by atoms with van der Waals surface area (Å²) >= 11 is 1.67. The molecule has 3 aliphatic heterocycles. The smallest absolute Gasteiger partial charge is 0.379 e. The van der Waals surface area contributed by atoms with Crippen molar-refractivity contribution in [3.05, 3.63) is 47.2 Å². The first-order valence-corrected chi connectivity index (χ1v) is 14.9. The van der Waals surface area contributed by atoms with Crippen molar-refractivity contribution in [3.8, 4) is 0 Å². The van der Waals surface area contributed by atoms with Crippen molar-refractivity contribution in [2.45, 2.75) is 76.1 Å². The number of carbonyl (C=O) groups excluding carboxylic acids is 2. The van der Waals surface area contributed by atoms with Crippen LogP contribution in [0.2, 0.25) is 0 Å². The number of methoxy groups -OCH3 is 1. The largest absolute Gasteiger partial charge is 0.416 e. The number of benzene rings is 1. The van der Waals surface area contributed by atoms with Gasteiger partial charge in [-0.25, -0.2) is 9.29 Å². The summed E-state index contributed by atoms with van der Waals surface area (Å²) in [6.45, 7) is 10.4. The molecular formula is C30H42F3N5O3S. The average Bonchev–Trinajstić information content (AvgIpc) is 3.33. The number of pyridine rings is 1. The van der Waals surface area contributed by atoms with Gasteiger partial charge < -0.3 is 19.9 Å². The molecule has 0 aliphatic carbocycles. The van der Waals surface area contributed by atoms with Gasteiger partial charge in [-0.1, -0.05) is 0 Å². The van der Waals surface area contributed by atoms with Crippen LogP contribution in [0.3, 0.4) is 0 Å². The van der Waals surface area contributed by atoms with E-state index in [1.807, 2.05) is 30.6 Å². The number of anilines is 2. The maximum atomic E-state index is 13.2. The number of rotatable bonds is 4. The average molecular weight is 610 g/mol. The van der Waals surface area contributed by atoms with E-state index >= 15 is 0 Å². The van der Waals surface area contributed by atoms with Crippen molar-refractivity contribution in [2.24, 2.45) is 0 Å². The maximum Gasteiger partial charge on any atom is 0.416 e. The van der Waals surface area contributed by atoms with Crippen LogP contribution in [0.25, 0.3) is 0 Å². The predicted octanol–water partition coefficient (Wildman–Crippen LogP) is 5.47. The van der Waals surface area contributed by atoms with Gasteiger partial charge in [0.15, 0.2) is 0 Å². The lowest BCUT2D eigenvalue weighted by Gasteiger charge is -2.35. The fraction of sp³-hybridized carbons (Fsp3) is 0.567. The molecule has 232 valence electrons. The summed E-state index contributed by atoms with van der Waals surface area (Å²) in [5.41, 5.74) is 2.05. The molecule has 0 bridgehead atoms. The normalized spacial score (nSPS) is 18.7. The number of fused-ring (bicyclic) bond motifs is 3. The van der Waals surface area contributed by atoms with Crippen LogP contribution in [-0.2, 0) is 26.9 Å². The zero-order valence-electron chi connectivity index (χ0n) is 25.3. The number of aromatic nitrogens is 1. The lowest BCUT2D eigenvalue weighted by Crippen LogP contribution is -2.44. The van der Waals surface area contributed by atoms with E-state index in [2.05, 4.69) is 32.8 Å². The quantitative estimate of drug-likeness (QED) is 0.364. The van der Waals surface area contributed by atoms with E-state index in [1.165, 1.54) is 5.56 Å². The second-order valence-corrected chi connectivity index (χ2v) is 12.5. The summed E-state index contributed by atoms with van der Waals surface area (Å²) in [6.07, 6.45) is -0.127. The van der Waals surface area contributed by atoms with Gasteiger partial charge in [-0.15, -0.1) is 0 Å². The summed E-state index contributed by atoms with van der Waals surface area (Å²) in [7, 11) is 3.27. The Kier molecular flexibility index (Phi) is 11.7. The zero-order chi connectivity index (χ0) is 31.1. The second-order valence-electron chi connectivity index (χ2n) is 11.4. The summed E-state index contributed by atoms with van der Waals surface area (Å²) in [6, 6.07) is 8.91. The van der Waals surface area contributed by atoms with E-state index in [0.717, 1.165) is 55.1 Å². The molecule has 1 aromatic carbocycles. The van der Waals surface area contributed by atoms with Crippen LogP contribution < -0.4 is 15.1 Å². The Balaban J connectivity index is 0.000000420. The number of halogens is 3. The minimum Gasteiger partial charge on any atom is -0.379 e. The number of hydrogen-bond donors (Lipinski definition) is 1. The van der Waals surface area contributed by atoms with Gasteiger partial charge in [-0.05, 0) is 94.8 Å². The Morgan fingerprint density at radius 3 is 2.24 bits per heavy atom. The van der Waals surface area contributed by atoms with E-state index in [4.69, 9.17) is 9.53 Å². The summed E-state index contributed by atoms with van der Waals surface area (Å²) < 4.78 is 46.6. The maximum absolute atomic E-state index is 13.2. The van der Waals surface area contributed by atoms with Gasteiger partial charge in [-0.2, -0.15) is 13.2 Å². The van der Waals surface area contributed by atoms with E-state index in [1.54, 1.807) is 33.0 Å². The fourth-order valence-corrected chi connectivity index (χ4v) is 5.83. The highest BCUT2D eigenvalue weighted by Gasteiger charge is 2.36. The lowest BCUT2D eigenvalue weighted by atomic mass is 9.96. The molecule has 42 heavy (non-hydrogen) atoms. The van der Waals surface area contributed by atoms with Gasteiger partial charge in [0.2, 0.25) is 12.3 Å². The molecule has 5 rings (SSSR count). The number of carbonyl (C=O) groups is 2. The van der Waals surface area contributed by atoms with Crippen LogP contribution in [0.5, 0.6) is 0 Å². The molecule has 1 atom stereocenters. The first-order valence-electron chi connectivity index (χ1n) is 14.1. The minimum absolute atomic E-state index is 0.0417. The van der Waals surface area contributed by atoms with Crippen LogP contribution in [0, 0.1) is 6.92 Å². The van der Waals surface area contributed by atoms with Crippen molar-refractivity contribution < 1.29 is 27.5 Å². The monoisotopic (exact) mass is 609 g/mol. The molecule has 2 saturated heterocycles. The second kappa shape index (κ2) is 14.6. The molecule has 3 aliphatic rings. The highest BCUT2D eigenvalue weighted by atomic mass is 32.2. The Labute approximate surface area is 251 Å². The molecule has 12 heteroatoms. The summed E-state index contributed by atoms with van der Waals surface area (Å²) in [5, 5.41) is 2.25. The number of aryl methyl sites for hydroxylation is 2. The summed E-state index contributed by atoms with van der Waals surface area (Å²) in [5.74, 6) is 0.617. The number of hydrogen-bond acceptors (Lipinski definition) is 7. The molecule has 2 aromatic rings. The van der Waals surface area contributed by atoms with Gasteiger partial charge in [0.1, 0.15) is 5.82 Å². The summed E-state index contributed by atoms with van der Waals surface area (Å²) in [4.78, 5) is 30.7. The number of ether oxygens (including phenoxy) is 1. The molecule has 0 radical (unpaired) electrons. The number of alkyl halides is 3. The van der Waals surface area contributed by atoms with Crippen LogP contribution in [0.4, 0.5) is 24.7 Å². The van der Waals surface area contributed by atoms with Gasteiger partial charge in [0.25, 0.3) is 0 Å². The van der Waals surface area contributed by atoms with Gasteiger partial charge >= 0.3 is 6.18 Å². The predicted molar refractivity (Wildman–Crippen MR) is 161 cm³/mol. The van der Waals surface area contributed by atoms with Crippen LogP contribution in [0.1, 0.15) is 56.9 Å². The number of amides is 2. The molecule has 2 amide bonds. The number of nitrogens with one attached hydrogen (secondary N) is 1. The number of piperazine rings is 1. The molecule has 0 saturated carbocycles. The Bertz CT molecular complexity index is 1210. The molecule has 1 aromatic heterocycles. The first-order chi connectivity index (χ1) is 19.7. The van der Waals surface area contributed by atoms with Gasteiger partial charge in [0, 0.05) is 69.1 Å². The molecule has 8 nitrogen and oxygen atoms in total. The highest BCUT2D eigenvalue weighted by Crippen LogP contribution is 2.39. The highest BCUT2D eigenvalue weighted by molar-refractivity contribution is 7.97. The van der Waals surface area contributed by atoms with E-state index in [-0.39, 0.29) is 11.5 Å². The Morgan fingerprint density at radius 1 is 1.05 bits per heavy atom. The Morgan fingerprint density at radius 2 is 1.67 bits per heavy atom. The molecular weight excluding hydrogens is 567 g/mol. The Hall–Kier alpha value is -2.83. The third-order valence-electron chi connectivity index (χ3n) is 7.18. The van der Waals surface area contributed by atoms with Crippen LogP contribution in [0.15, 0.2) is 35.2 Å². The molecule has 1 N–H and O–H groups in total.